The molecule has 0 aromatic heterocycles. The van der Waals surface area contributed by atoms with Gasteiger partial charge in [-0.2, -0.15) is 0 Å². The van der Waals surface area contributed by atoms with Crippen LogP contribution in [0.25, 0.3) is 5.57 Å². The maximum absolute atomic E-state index is 13.4. The first-order valence-corrected chi connectivity index (χ1v) is 10.7. The van der Waals surface area contributed by atoms with Crippen molar-refractivity contribution in [2.45, 2.75) is 19.0 Å². The number of allylic oxidation sites excluding steroid dienone is 1. The van der Waals surface area contributed by atoms with E-state index in [4.69, 9.17) is 4.74 Å². The second kappa shape index (κ2) is 8.06. The molecule has 0 spiro atoms. The number of methoxy groups -OCH3 is 1. The summed E-state index contributed by atoms with van der Waals surface area (Å²) in [5.41, 5.74) is 3.30. The van der Waals surface area contributed by atoms with Crippen LogP contribution in [0.3, 0.4) is 0 Å². The molecular weight excluding hydrogens is 416 g/mol. The Morgan fingerprint density at radius 3 is 1.94 bits per heavy atom. The zero-order valence-electron chi connectivity index (χ0n) is 18.3. The summed E-state index contributed by atoms with van der Waals surface area (Å²) in [5, 5.41) is 0. The summed E-state index contributed by atoms with van der Waals surface area (Å²) in [4.78, 5) is 42.4. The summed E-state index contributed by atoms with van der Waals surface area (Å²) in [7, 11) is 1.58. The number of β-lactam (4-membered cyclic amide) rings is 1. The van der Waals surface area contributed by atoms with Crippen LogP contribution in [0.15, 0.2) is 84.9 Å². The van der Waals surface area contributed by atoms with Gasteiger partial charge in [0.1, 0.15) is 11.8 Å². The molecule has 2 heterocycles. The molecule has 1 fully saturated rings. The van der Waals surface area contributed by atoms with Gasteiger partial charge >= 0.3 is 0 Å². The SMILES string of the molecule is COc1ccc(N2C(=O)C(N3C(=O)c4ccccc4C3=O)C2/C=C(/C)c2ccccc2)cc1. The lowest BCUT2D eigenvalue weighted by atomic mass is 9.89. The fourth-order valence-electron chi connectivity index (χ4n) is 4.48. The molecule has 3 aromatic carbocycles. The van der Waals surface area contributed by atoms with Crippen LogP contribution < -0.4 is 9.64 Å². The average molecular weight is 438 g/mol. The largest absolute Gasteiger partial charge is 0.497 e. The molecule has 2 aliphatic rings. The Balaban J connectivity index is 1.55. The normalized spacial score (nSPS) is 20.1. The topological polar surface area (TPSA) is 66.9 Å². The summed E-state index contributed by atoms with van der Waals surface area (Å²) in [5.74, 6) is -0.480. The summed E-state index contributed by atoms with van der Waals surface area (Å²) in [6, 6.07) is 22.3. The van der Waals surface area contributed by atoms with E-state index in [-0.39, 0.29) is 5.91 Å². The zero-order chi connectivity index (χ0) is 23.1. The molecule has 1 saturated heterocycles. The van der Waals surface area contributed by atoms with Crippen molar-refractivity contribution in [3.8, 4) is 5.75 Å². The van der Waals surface area contributed by atoms with Gasteiger partial charge in [0.15, 0.2) is 0 Å². The fourth-order valence-corrected chi connectivity index (χ4v) is 4.48. The number of hydrogen-bond acceptors (Lipinski definition) is 4. The van der Waals surface area contributed by atoms with Crippen molar-refractivity contribution in [2.75, 3.05) is 12.0 Å². The minimum atomic E-state index is -0.904. The number of imide groups is 1. The molecule has 3 amide bonds. The Morgan fingerprint density at radius 2 is 1.36 bits per heavy atom. The molecule has 2 atom stereocenters. The molecular formula is C27H22N2O4. The van der Waals surface area contributed by atoms with Gasteiger partial charge in [0.25, 0.3) is 17.7 Å². The van der Waals surface area contributed by atoms with Crippen molar-refractivity contribution in [1.29, 1.82) is 0 Å². The Labute approximate surface area is 191 Å². The van der Waals surface area contributed by atoms with Crippen LogP contribution in [0, 0.1) is 0 Å². The van der Waals surface area contributed by atoms with E-state index < -0.39 is 23.9 Å². The third-order valence-electron chi connectivity index (χ3n) is 6.22. The van der Waals surface area contributed by atoms with Crippen LogP contribution >= 0.6 is 0 Å². The minimum absolute atomic E-state index is 0.295. The zero-order valence-corrected chi connectivity index (χ0v) is 18.3. The first-order valence-electron chi connectivity index (χ1n) is 10.7. The van der Waals surface area contributed by atoms with E-state index in [9.17, 15) is 14.4 Å². The first-order chi connectivity index (χ1) is 16.0. The monoisotopic (exact) mass is 438 g/mol. The van der Waals surface area contributed by atoms with E-state index in [0.717, 1.165) is 16.0 Å². The van der Waals surface area contributed by atoms with Crippen LogP contribution in [0.5, 0.6) is 5.75 Å². The molecule has 0 saturated carbocycles. The van der Waals surface area contributed by atoms with Crippen molar-refractivity contribution >= 4 is 29.0 Å². The number of amides is 3. The molecule has 0 N–H and O–H groups in total. The molecule has 6 heteroatoms. The van der Waals surface area contributed by atoms with Gasteiger partial charge in [-0.1, -0.05) is 48.5 Å². The second-order valence-electron chi connectivity index (χ2n) is 8.08. The maximum Gasteiger partial charge on any atom is 0.262 e. The first kappa shape index (κ1) is 20.7. The number of carbonyl (C=O) groups excluding carboxylic acids is 3. The van der Waals surface area contributed by atoms with Crippen molar-refractivity contribution in [1.82, 2.24) is 4.90 Å². The molecule has 3 aromatic rings. The summed E-state index contributed by atoms with van der Waals surface area (Å²) in [6.07, 6.45) is 1.95. The molecule has 6 nitrogen and oxygen atoms in total. The highest BCUT2D eigenvalue weighted by molar-refractivity contribution is 6.25. The summed E-state index contributed by atoms with van der Waals surface area (Å²) >= 11 is 0. The van der Waals surface area contributed by atoms with E-state index in [1.165, 1.54) is 0 Å². The highest BCUT2D eigenvalue weighted by Crippen LogP contribution is 2.38. The standard InChI is InChI=1S/C27H22N2O4/c1-17(18-8-4-3-5-9-18)16-23-24(27(32)28(23)19-12-14-20(33-2)15-13-19)29-25(30)21-10-6-7-11-22(21)26(29)31/h3-16,23-24H,1-2H3/b17-16-. The van der Waals surface area contributed by atoms with Crippen LogP contribution in [-0.4, -0.2) is 41.8 Å². The number of carbonyl (C=O) groups is 3. The molecule has 0 aliphatic carbocycles. The number of hydrogen-bond donors (Lipinski definition) is 0. The second-order valence-corrected chi connectivity index (χ2v) is 8.08. The lowest BCUT2D eigenvalue weighted by molar-refractivity contribution is -0.128. The summed E-state index contributed by atoms with van der Waals surface area (Å²) < 4.78 is 5.23. The number of fused-ring (bicyclic) bond motifs is 1. The van der Waals surface area contributed by atoms with Crippen LogP contribution in [0.1, 0.15) is 33.2 Å². The molecule has 0 radical (unpaired) electrons. The van der Waals surface area contributed by atoms with Crippen molar-refractivity contribution in [2.24, 2.45) is 0 Å². The molecule has 0 bridgehead atoms. The van der Waals surface area contributed by atoms with Gasteiger partial charge in [0, 0.05) is 5.69 Å². The molecule has 2 unspecified atom stereocenters. The van der Waals surface area contributed by atoms with Crippen molar-refractivity contribution < 1.29 is 19.1 Å². The highest BCUT2D eigenvalue weighted by Gasteiger charge is 2.56. The van der Waals surface area contributed by atoms with E-state index in [1.54, 1.807) is 60.5 Å². The van der Waals surface area contributed by atoms with Gasteiger partial charge in [-0.3, -0.25) is 19.3 Å². The van der Waals surface area contributed by atoms with Gasteiger partial charge in [0.05, 0.1) is 24.3 Å². The number of rotatable bonds is 5. The third-order valence-corrected chi connectivity index (χ3v) is 6.22. The number of anilines is 1. The van der Waals surface area contributed by atoms with Gasteiger partial charge in [-0.25, -0.2) is 0 Å². The number of benzene rings is 3. The van der Waals surface area contributed by atoms with E-state index in [1.807, 2.05) is 43.3 Å². The van der Waals surface area contributed by atoms with Crippen LogP contribution in [-0.2, 0) is 4.79 Å². The predicted molar refractivity (Wildman–Crippen MR) is 125 cm³/mol. The quantitative estimate of drug-likeness (QED) is 0.443. The Bertz CT molecular complexity index is 1250. The molecule has 164 valence electrons. The molecule has 5 rings (SSSR count). The van der Waals surface area contributed by atoms with Crippen LogP contribution in [0.2, 0.25) is 0 Å². The Kier molecular flexibility index (Phi) is 5.05. The van der Waals surface area contributed by atoms with Crippen molar-refractivity contribution in [3.05, 3.63) is 102 Å². The number of nitrogens with zero attached hydrogens (tertiary/aromatic N) is 2. The lowest BCUT2D eigenvalue weighted by Gasteiger charge is -2.48. The Morgan fingerprint density at radius 1 is 0.788 bits per heavy atom. The molecule has 33 heavy (non-hydrogen) atoms. The summed E-state index contributed by atoms with van der Waals surface area (Å²) in [6.45, 7) is 1.96. The van der Waals surface area contributed by atoms with Gasteiger partial charge in [-0.15, -0.1) is 0 Å². The molecule has 2 aliphatic heterocycles. The van der Waals surface area contributed by atoms with Gasteiger partial charge < -0.3 is 9.64 Å². The highest BCUT2D eigenvalue weighted by atomic mass is 16.5. The van der Waals surface area contributed by atoms with Gasteiger partial charge in [-0.05, 0) is 54.5 Å². The predicted octanol–water partition coefficient (Wildman–Crippen LogP) is 4.18. The smallest absolute Gasteiger partial charge is 0.262 e. The van der Waals surface area contributed by atoms with E-state index in [0.29, 0.717) is 22.6 Å². The van der Waals surface area contributed by atoms with Gasteiger partial charge in [0.2, 0.25) is 0 Å². The van der Waals surface area contributed by atoms with Crippen LogP contribution in [0.4, 0.5) is 5.69 Å². The lowest BCUT2D eigenvalue weighted by Crippen LogP contribution is -2.71. The third kappa shape index (κ3) is 3.31. The van der Waals surface area contributed by atoms with Crippen molar-refractivity contribution in [3.63, 3.8) is 0 Å². The Hall–Kier alpha value is -4.19. The average Bonchev–Trinajstić information content (AvgIpc) is 3.10. The maximum atomic E-state index is 13.4. The minimum Gasteiger partial charge on any atom is -0.497 e. The van der Waals surface area contributed by atoms with E-state index >= 15 is 0 Å². The number of ether oxygens (including phenoxy) is 1. The fraction of sp³-hybridized carbons (Fsp3) is 0.148. The van der Waals surface area contributed by atoms with E-state index in [2.05, 4.69) is 0 Å².